The molecule has 1 aromatic carbocycles. The number of anilines is 1. The molecule has 1 unspecified atom stereocenters. The molecule has 2 aromatic rings. The molecule has 0 spiro atoms. The maximum atomic E-state index is 12.6. The van der Waals surface area contributed by atoms with Gasteiger partial charge in [-0.15, -0.1) is 0 Å². The highest BCUT2D eigenvalue weighted by Crippen LogP contribution is 2.36. The second-order valence-corrected chi connectivity index (χ2v) is 9.20. The number of carbonyl (C=O) groups excluding carboxylic acids is 1. The van der Waals surface area contributed by atoms with E-state index in [0.717, 1.165) is 48.2 Å². The van der Waals surface area contributed by atoms with Crippen LogP contribution in [-0.2, 0) is 15.8 Å². The highest BCUT2D eigenvalue weighted by Gasteiger charge is 2.24. The van der Waals surface area contributed by atoms with Crippen LogP contribution >= 0.6 is 11.3 Å². The van der Waals surface area contributed by atoms with Crippen molar-refractivity contribution in [3.8, 4) is 16.2 Å². The predicted molar refractivity (Wildman–Crippen MR) is 114 cm³/mol. The molecule has 1 saturated carbocycles. The molecule has 0 aliphatic heterocycles. The maximum Gasteiger partial charge on any atom is 0.229 e. The fraction of sp³-hybridized carbons (Fsp3) is 0.500. The van der Waals surface area contributed by atoms with Gasteiger partial charge in [-0.2, -0.15) is 0 Å². The van der Waals surface area contributed by atoms with E-state index in [4.69, 9.17) is 4.74 Å². The van der Waals surface area contributed by atoms with Crippen LogP contribution in [0.4, 0.5) is 5.13 Å². The molecule has 1 heterocycles. The molecule has 152 valence electrons. The van der Waals surface area contributed by atoms with Crippen LogP contribution in [0, 0.1) is 12.8 Å². The summed E-state index contributed by atoms with van der Waals surface area (Å²) in [6, 6.07) is 5.63. The lowest BCUT2D eigenvalue weighted by molar-refractivity contribution is -0.119. The Bertz CT molecular complexity index is 860. The van der Waals surface area contributed by atoms with Crippen LogP contribution in [0.25, 0.3) is 10.4 Å². The van der Waals surface area contributed by atoms with Crippen LogP contribution in [0.15, 0.2) is 23.1 Å². The molecule has 1 amide bonds. The van der Waals surface area contributed by atoms with E-state index in [-0.39, 0.29) is 11.8 Å². The number of ether oxygens (including phenoxy) is 1. The molecular weight excluding hydrogens is 394 g/mol. The smallest absolute Gasteiger partial charge is 0.229 e. The van der Waals surface area contributed by atoms with Gasteiger partial charge in [-0.25, -0.2) is 13.9 Å². The molecule has 1 atom stereocenters. The maximum absolute atomic E-state index is 12.6. The molecule has 1 aromatic heterocycles. The normalized spacial score (nSPS) is 15.5. The van der Waals surface area contributed by atoms with E-state index in [0.29, 0.717) is 22.3 Å². The quantitative estimate of drug-likeness (QED) is 0.667. The van der Waals surface area contributed by atoms with Crippen LogP contribution in [-0.4, -0.2) is 28.8 Å². The zero-order valence-electron chi connectivity index (χ0n) is 16.5. The Morgan fingerprint density at radius 3 is 2.79 bits per heavy atom. The van der Waals surface area contributed by atoms with Crippen LogP contribution in [0.1, 0.15) is 44.7 Å². The molecule has 2 N–H and O–H groups in total. The third kappa shape index (κ3) is 4.79. The Balaban J connectivity index is 1.83. The molecule has 0 radical (unpaired) electrons. The van der Waals surface area contributed by atoms with Crippen molar-refractivity contribution in [2.75, 3.05) is 19.0 Å². The summed E-state index contributed by atoms with van der Waals surface area (Å²) < 4.78 is 21.0. The molecule has 3 rings (SSSR count). The van der Waals surface area contributed by atoms with Gasteiger partial charge in [0.25, 0.3) is 0 Å². The Hall–Kier alpha value is -1.77. The molecule has 1 aliphatic carbocycles. The third-order valence-electron chi connectivity index (χ3n) is 4.86. The first kappa shape index (κ1) is 21.0. The average Bonchev–Trinajstić information content (AvgIpc) is 3.35. The van der Waals surface area contributed by atoms with Gasteiger partial charge in [-0.3, -0.25) is 4.79 Å². The summed E-state index contributed by atoms with van der Waals surface area (Å²) in [5, 5.41) is 3.59. The van der Waals surface area contributed by atoms with E-state index in [1.54, 1.807) is 7.11 Å². The summed E-state index contributed by atoms with van der Waals surface area (Å²) in [7, 11) is 0.224. The minimum atomic E-state index is -1.35. The number of hydrogen-bond donors (Lipinski definition) is 2. The monoisotopic (exact) mass is 421 g/mol. The summed E-state index contributed by atoms with van der Waals surface area (Å²) >= 11 is 1.45. The van der Waals surface area contributed by atoms with Crippen molar-refractivity contribution >= 4 is 33.4 Å². The molecule has 6 nitrogen and oxygen atoms in total. The number of nitrogens with one attached hydrogen (secondary N) is 2. The molecular formula is C20H27N3O3S2. The number of benzene rings is 1. The lowest BCUT2D eigenvalue weighted by Gasteiger charge is -2.10. The fourth-order valence-electron chi connectivity index (χ4n) is 3.35. The zero-order chi connectivity index (χ0) is 20.1. The van der Waals surface area contributed by atoms with Crippen LogP contribution in [0.2, 0.25) is 0 Å². The zero-order valence-corrected chi connectivity index (χ0v) is 18.2. The van der Waals surface area contributed by atoms with Crippen molar-refractivity contribution in [1.29, 1.82) is 0 Å². The second-order valence-electron chi connectivity index (χ2n) is 6.93. The van der Waals surface area contributed by atoms with Crippen LogP contribution in [0.5, 0.6) is 5.75 Å². The van der Waals surface area contributed by atoms with Crippen molar-refractivity contribution < 1.29 is 13.7 Å². The molecule has 0 saturated heterocycles. The molecule has 1 fully saturated rings. The van der Waals surface area contributed by atoms with E-state index in [1.165, 1.54) is 11.3 Å². The lowest BCUT2D eigenvalue weighted by atomic mass is 10.1. The van der Waals surface area contributed by atoms with E-state index in [2.05, 4.69) is 15.0 Å². The second kappa shape index (κ2) is 9.62. The van der Waals surface area contributed by atoms with Crippen molar-refractivity contribution in [3.05, 3.63) is 23.9 Å². The Morgan fingerprint density at radius 1 is 1.36 bits per heavy atom. The van der Waals surface area contributed by atoms with Gasteiger partial charge in [0.15, 0.2) is 5.13 Å². The number of methoxy groups -OCH3 is 1. The topological polar surface area (TPSA) is 80.3 Å². The summed E-state index contributed by atoms with van der Waals surface area (Å²) in [6.45, 7) is 4.62. The number of thiazole rings is 1. The van der Waals surface area contributed by atoms with Crippen molar-refractivity contribution in [2.45, 2.75) is 50.8 Å². The van der Waals surface area contributed by atoms with Gasteiger partial charge in [0, 0.05) is 12.5 Å². The standard InChI is InChI=1S/C20H27N3O3S2/c1-4-11-21-28(25)17-12-15(9-10-16(17)26-3)18-13(2)22-20(27-18)23-19(24)14-7-5-6-8-14/h9-10,12,14,21H,4-8,11H2,1-3H3,(H,22,23,24). The fourth-order valence-corrected chi connectivity index (χ4v) is 5.43. The minimum absolute atomic E-state index is 0.0677. The van der Waals surface area contributed by atoms with E-state index in [1.807, 2.05) is 32.0 Å². The lowest BCUT2D eigenvalue weighted by Crippen LogP contribution is -2.20. The number of carbonyl (C=O) groups is 1. The largest absolute Gasteiger partial charge is 0.495 e. The Morgan fingerprint density at radius 2 is 2.11 bits per heavy atom. The third-order valence-corrected chi connectivity index (χ3v) is 7.17. The van der Waals surface area contributed by atoms with E-state index >= 15 is 0 Å². The first-order valence-corrected chi connectivity index (χ1v) is 11.6. The SMILES string of the molecule is CCCNS(=O)c1cc(-c2sc(NC(=O)C3CCCC3)nc2C)ccc1OC. The minimum Gasteiger partial charge on any atom is -0.495 e. The summed E-state index contributed by atoms with van der Waals surface area (Å²) in [5.74, 6) is 0.757. The highest BCUT2D eigenvalue weighted by molar-refractivity contribution is 7.83. The van der Waals surface area contributed by atoms with Crippen LogP contribution < -0.4 is 14.8 Å². The van der Waals surface area contributed by atoms with Gasteiger partial charge in [0.2, 0.25) is 5.91 Å². The van der Waals surface area contributed by atoms with Crippen molar-refractivity contribution in [1.82, 2.24) is 9.71 Å². The van der Waals surface area contributed by atoms with E-state index < -0.39 is 11.0 Å². The molecule has 0 bridgehead atoms. The van der Waals surface area contributed by atoms with Crippen LogP contribution in [0.3, 0.4) is 0 Å². The van der Waals surface area contributed by atoms with Crippen molar-refractivity contribution in [3.63, 3.8) is 0 Å². The first-order valence-electron chi connectivity index (χ1n) is 9.65. The predicted octanol–water partition coefficient (Wildman–Crippen LogP) is 4.28. The number of rotatable bonds is 8. The van der Waals surface area contributed by atoms with Gasteiger partial charge in [-0.1, -0.05) is 31.1 Å². The van der Waals surface area contributed by atoms with E-state index in [9.17, 15) is 9.00 Å². The Kier molecular flexibility index (Phi) is 7.20. The number of hydrogen-bond acceptors (Lipinski definition) is 5. The van der Waals surface area contributed by atoms with Gasteiger partial charge in [0.1, 0.15) is 16.7 Å². The molecule has 28 heavy (non-hydrogen) atoms. The van der Waals surface area contributed by atoms with Gasteiger partial charge in [0.05, 0.1) is 22.6 Å². The molecule has 1 aliphatic rings. The van der Waals surface area contributed by atoms with Gasteiger partial charge >= 0.3 is 0 Å². The summed E-state index contributed by atoms with van der Waals surface area (Å²) in [6.07, 6.45) is 5.06. The van der Waals surface area contributed by atoms with Gasteiger partial charge in [-0.05, 0) is 49.9 Å². The molecule has 8 heteroatoms. The van der Waals surface area contributed by atoms with Crippen molar-refractivity contribution in [2.24, 2.45) is 5.92 Å². The summed E-state index contributed by atoms with van der Waals surface area (Å²) in [5.41, 5.74) is 1.76. The highest BCUT2D eigenvalue weighted by atomic mass is 32.2. The van der Waals surface area contributed by atoms with Gasteiger partial charge < -0.3 is 10.1 Å². The average molecular weight is 422 g/mol. The number of aryl methyl sites for hydroxylation is 1. The number of aromatic nitrogens is 1. The first-order chi connectivity index (χ1) is 13.5. The Labute approximate surface area is 172 Å². The number of nitrogens with zero attached hydrogens (tertiary/aromatic N) is 1. The number of amides is 1. The summed E-state index contributed by atoms with van der Waals surface area (Å²) in [4.78, 5) is 18.5.